The average Bonchev–Trinajstić information content (AvgIpc) is 2.27. The molecule has 0 aliphatic heterocycles. The number of benzene rings is 1. The third-order valence-electron chi connectivity index (χ3n) is 2.01. The predicted molar refractivity (Wildman–Crippen MR) is 68.2 cm³/mol. The van der Waals surface area contributed by atoms with Gasteiger partial charge in [-0.2, -0.15) is 0 Å². The summed E-state index contributed by atoms with van der Waals surface area (Å²) in [5.74, 6) is -0.540. The van der Waals surface area contributed by atoms with Crippen LogP contribution in [-0.2, 0) is 4.74 Å². The molecule has 1 aromatic carbocycles. The molecular formula is C11H10Br2O3. The van der Waals surface area contributed by atoms with Crippen LogP contribution in [0.2, 0.25) is 0 Å². The number of ether oxygens (including phenoxy) is 1. The van der Waals surface area contributed by atoms with Crippen LogP contribution in [0.4, 0.5) is 0 Å². The Morgan fingerprint density at radius 3 is 2.50 bits per heavy atom. The van der Waals surface area contributed by atoms with Crippen LogP contribution in [0.15, 0.2) is 22.7 Å². The molecule has 3 nitrogen and oxygen atoms in total. The largest absolute Gasteiger partial charge is 0.465 e. The minimum atomic E-state index is -0.455. The lowest BCUT2D eigenvalue weighted by Gasteiger charge is -2.07. The number of alkyl halides is 1. The van der Waals surface area contributed by atoms with Gasteiger partial charge < -0.3 is 4.74 Å². The fraction of sp³-hybridized carbons (Fsp3) is 0.273. The second-order valence-corrected chi connectivity index (χ2v) is 5.39. The number of ketones is 1. The van der Waals surface area contributed by atoms with E-state index in [9.17, 15) is 9.59 Å². The van der Waals surface area contributed by atoms with E-state index in [0.717, 1.165) is 0 Å². The summed E-state index contributed by atoms with van der Waals surface area (Å²) in [6, 6.07) is 4.79. The molecule has 0 bridgehead atoms. The number of hydrogen-bond acceptors (Lipinski definition) is 3. The summed E-state index contributed by atoms with van der Waals surface area (Å²) in [5.41, 5.74) is 0.828. The van der Waals surface area contributed by atoms with Gasteiger partial charge >= 0.3 is 5.97 Å². The van der Waals surface area contributed by atoms with E-state index in [1.54, 1.807) is 19.1 Å². The monoisotopic (exact) mass is 348 g/mol. The Bertz CT molecular complexity index is 427. The van der Waals surface area contributed by atoms with Gasteiger partial charge in [0, 0.05) is 10.0 Å². The van der Waals surface area contributed by atoms with Gasteiger partial charge in [0.15, 0.2) is 5.78 Å². The van der Waals surface area contributed by atoms with Crippen LogP contribution in [0, 0.1) is 0 Å². The number of methoxy groups -OCH3 is 1. The highest BCUT2D eigenvalue weighted by Crippen LogP contribution is 2.22. The van der Waals surface area contributed by atoms with Crippen molar-refractivity contribution in [2.45, 2.75) is 11.8 Å². The van der Waals surface area contributed by atoms with Gasteiger partial charge in [0.1, 0.15) is 0 Å². The molecule has 1 aromatic rings. The molecule has 5 heteroatoms. The molecule has 0 radical (unpaired) electrons. The molecule has 0 aliphatic carbocycles. The number of esters is 1. The van der Waals surface area contributed by atoms with Gasteiger partial charge in [-0.15, -0.1) is 0 Å². The number of carbonyl (C=O) groups excluding carboxylic acids is 2. The first-order valence-corrected chi connectivity index (χ1v) is 6.24. The number of hydrogen-bond donors (Lipinski definition) is 0. The zero-order chi connectivity index (χ0) is 12.3. The zero-order valence-electron chi connectivity index (χ0n) is 8.79. The summed E-state index contributed by atoms with van der Waals surface area (Å²) in [5, 5.41) is 0. The predicted octanol–water partition coefficient (Wildman–Crippen LogP) is 3.20. The normalized spacial score (nSPS) is 12.0. The standard InChI is InChI=1S/C11H10Br2O3/c1-6(12)10(14)8-5-7(11(15)16-2)3-4-9(8)13/h3-6H,1-2H3. The first-order chi connectivity index (χ1) is 7.47. The highest BCUT2D eigenvalue weighted by Gasteiger charge is 2.17. The Kier molecular flexibility index (Phi) is 4.68. The molecular weight excluding hydrogens is 340 g/mol. The number of Topliss-reactive ketones (excluding diaryl/α,β-unsaturated/α-hetero) is 1. The van der Waals surface area contributed by atoms with E-state index in [-0.39, 0.29) is 10.6 Å². The van der Waals surface area contributed by atoms with Crippen LogP contribution in [-0.4, -0.2) is 23.7 Å². The molecule has 0 N–H and O–H groups in total. The third kappa shape index (κ3) is 2.92. The van der Waals surface area contributed by atoms with E-state index in [4.69, 9.17) is 0 Å². The molecule has 0 heterocycles. The van der Waals surface area contributed by atoms with E-state index in [2.05, 4.69) is 36.6 Å². The van der Waals surface area contributed by atoms with E-state index < -0.39 is 5.97 Å². The van der Waals surface area contributed by atoms with Crippen molar-refractivity contribution < 1.29 is 14.3 Å². The molecule has 1 unspecified atom stereocenters. The van der Waals surface area contributed by atoms with Crippen molar-refractivity contribution >= 4 is 43.6 Å². The molecule has 0 saturated heterocycles. The van der Waals surface area contributed by atoms with Gasteiger partial charge in [0.2, 0.25) is 0 Å². The quantitative estimate of drug-likeness (QED) is 0.478. The highest BCUT2D eigenvalue weighted by molar-refractivity contribution is 9.10. The van der Waals surface area contributed by atoms with E-state index in [1.807, 2.05) is 0 Å². The Balaban J connectivity index is 3.18. The van der Waals surface area contributed by atoms with Crippen molar-refractivity contribution in [1.29, 1.82) is 0 Å². The lowest BCUT2D eigenvalue weighted by atomic mass is 10.1. The molecule has 0 spiro atoms. The molecule has 0 saturated carbocycles. The highest BCUT2D eigenvalue weighted by atomic mass is 79.9. The second kappa shape index (κ2) is 5.59. The van der Waals surface area contributed by atoms with Crippen molar-refractivity contribution in [3.63, 3.8) is 0 Å². The summed E-state index contributed by atoms with van der Waals surface area (Å²) in [4.78, 5) is 22.8. The van der Waals surface area contributed by atoms with Crippen molar-refractivity contribution in [3.8, 4) is 0 Å². The van der Waals surface area contributed by atoms with Gasteiger partial charge in [-0.25, -0.2) is 4.79 Å². The Hall–Kier alpha value is -0.680. The minimum absolute atomic E-state index is 0.0855. The van der Waals surface area contributed by atoms with Gasteiger partial charge in [-0.1, -0.05) is 31.9 Å². The van der Waals surface area contributed by atoms with Crippen LogP contribution >= 0.6 is 31.9 Å². The number of halogens is 2. The zero-order valence-corrected chi connectivity index (χ0v) is 12.0. The van der Waals surface area contributed by atoms with Crippen LogP contribution in [0.1, 0.15) is 27.6 Å². The molecule has 0 fully saturated rings. The number of rotatable bonds is 3. The molecule has 1 atom stereocenters. The lowest BCUT2D eigenvalue weighted by molar-refractivity contribution is 0.0600. The molecule has 1 rings (SSSR count). The lowest BCUT2D eigenvalue weighted by Crippen LogP contribution is -2.12. The smallest absolute Gasteiger partial charge is 0.337 e. The van der Waals surface area contributed by atoms with Crippen molar-refractivity contribution in [2.24, 2.45) is 0 Å². The number of carbonyl (C=O) groups is 2. The summed E-state index contributed by atoms with van der Waals surface area (Å²) in [6.07, 6.45) is 0. The first-order valence-electron chi connectivity index (χ1n) is 4.53. The topological polar surface area (TPSA) is 43.4 Å². The average molecular weight is 350 g/mol. The minimum Gasteiger partial charge on any atom is -0.465 e. The van der Waals surface area contributed by atoms with Crippen LogP contribution in [0.3, 0.4) is 0 Å². The Morgan fingerprint density at radius 1 is 1.38 bits per heavy atom. The first kappa shape index (κ1) is 13.4. The summed E-state index contributed by atoms with van der Waals surface area (Å²) < 4.78 is 5.26. The summed E-state index contributed by atoms with van der Waals surface area (Å²) >= 11 is 6.48. The molecule has 0 aliphatic rings. The van der Waals surface area contributed by atoms with E-state index in [1.165, 1.54) is 13.2 Å². The maximum atomic E-state index is 11.8. The van der Waals surface area contributed by atoms with Crippen LogP contribution in [0.25, 0.3) is 0 Å². The van der Waals surface area contributed by atoms with Crippen molar-refractivity contribution in [2.75, 3.05) is 7.11 Å². The van der Waals surface area contributed by atoms with Crippen LogP contribution in [0.5, 0.6) is 0 Å². The molecule has 0 aromatic heterocycles. The summed E-state index contributed by atoms with van der Waals surface area (Å²) in [6.45, 7) is 1.74. The Morgan fingerprint density at radius 2 is 2.00 bits per heavy atom. The van der Waals surface area contributed by atoms with E-state index >= 15 is 0 Å². The Labute approximate surface area is 110 Å². The fourth-order valence-electron chi connectivity index (χ4n) is 1.17. The second-order valence-electron chi connectivity index (χ2n) is 3.17. The van der Waals surface area contributed by atoms with Crippen molar-refractivity contribution in [1.82, 2.24) is 0 Å². The molecule has 0 amide bonds. The molecule has 86 valence electrons. The summed E-state index contributed by atoms with van der Waals surface area (Å²) in [7, 11) is 1.30. The molecule has 16 heavy (non-hydrogen) atoms. The van der Waals surface area contributed by atoms with Gasteiger partial charge in [0.05, 0.1) is 17.5 Å². The fourth-order valence-corrected chi connectivity index (χ4v) is 1.86. The SMILES string of the molecule is COC(=O)c1ccc(Br)c(C(=O)C(C)Br)c1. The van der Waals surface area contributed by atoms with Gasteiger partial charge in [-0.05, 0) is 25.1 Å². The maximum absolute atomic E-state index is 11.8. The van der Waals surface area contributed by atoms with Crippen LogP contribution < -0.4 is 0 Å². The van der Waals surface area contributed by atoms with E-state index in [0.29, 0.717) is 15.6 Å². The van der Waals surface area contributed by atoms with Crippen molar-refractivity contribution in [3.05, 3.63) is 33.8 Å². The van der Waals surface area contributed by atoms with Gasteiger partial charge in [-0.3, -0.25) is 4.79 Å². The maximum Gasteiger partial charge on any atom is 0.337 e. The third-order valence-corrected chi connectivity index (χ3v) is 3.12. The van der Waals surface area contributed by atoms with Gasteiger partial charge in [0.25, 0.3) is 0 Å².